The predicted octanol–water partition coefficient (Wildman–Crippen LogP) is 1.46. The lowest BCUT2D eigenvalue weighted by atomic mass is 10.0. The lowest BCUT2D eigenvalue weighted by molar-refractivity contribution is -0.120. The lowest BCUT2D eigenvalue weighted by Gasteiger charge is -2.20. The van der Waals surface area contributed by atoms with E-state index in [1.165, 1.54) is 0 Å². The molecular weight excluding hydrogens is 214 g/mol. The molecule has 15 heavy (non-hydrogen) atoms. The van der Waals surface area contributed by atoms with E-state index in [-0.39, 0.29) is 17.8 Å². The number of carbonyl (C=O) groups excluding carboxylic acids is 1. The zero-order valence-corrected chi connectivity index (χ0v) is 9.24. The first-order valence-electron chi connectivity index (χ1n) is 4.73. The third kappa shape index (κ3) is 3.53. The molecule has 0 aliphatic heterocycles. The summed E-state index contributed by atoms with van der Waals surface area (Å²) in [4.78, 5) is 11.0. The quantitative estimate of drug-likeness (QED) is 0.766. The van der Waals surface area contributed by atoms with Crippen LogP contribution in [-0.2, 0) is 4.79 Å². The molecule has 3 nitrogen and oxygen atoms in total. The highest BCUT2D eigenvalue weighted by Gasteiger charge is 2.17. The molecule has 4 heteroatoms. The molecule has 0 saturated carbocycles. The molecule has 0 aliphatic carbocycles. The smallest absolute Gasteiger partial charge is 0.235 e. The van der Waals surface area contributed by atoms with Gasteiger partial charge in [-0.2, -0.15) is 0 Å². The molecule has 0 aliphatic rings. The molecule has 1 rings (SSSR count). The van der Waals surface area contributed by atoms with E-state index in [1.54, 1.807) is 6.92 Å². The van der Waals surface area contributed by atoms with E-state index in [2.05, 4.69) is 5.32 Å². The molecule has 0 fully saturated rings. The van der Waals surface area contributed by atoms with Gasteiger partial charge in [0.15, 0.2) is 0 Å². The molecule has 1 aromatic rings. The van der Waals surface area contributed by atoms with Crippen LogP contribution in [0.25, 0.3) is 0 Å². The van der Waals surface area contributed by atoms with E-state index in [9.17, 15) is 9.90 Å². The Hall–Kier alpha value is -1.06. The maximum absolute atomic E-state index is 11.0. The summed E-state index contributed by atoms with van der Waals surface area (Å²) in [6.07, 6.45) is -0.710. The van der Waals surface area contributed by atoms with E-state index >= 15 is 0 Å². The van der Waals surface area contributed by atoms with Crippen LogP contribution in [0.2, 0.25) is 0 Å². The van der Waals surface area contributed by atoms with Gasteiger partial charge >= 0.3 is 0 Å². The monoisotopic (exact) mass is 227 g/mol. The number of hydrogen-bond acceptors (Lipinski definition) is 2. The van der Waals surface area contributed by atoms with Crippen LogP contribution in [0.3, 0.4) is 0 Å². The number of benzene rings is 1. The van der Waals surface area contributed by atoms with Crippen molar-refractivity contribution in [3.63, 3.8) is 0 Å². The molecule has 1 amide bonds. The van der Waals surface area contributed by atoms with Crippen LogP contribution >= 0.6 is 11.6 Å². The molecule has 0 heterocycles. The summed E-state index contributed by atoms with van der Waals surface area (Å²) in [5.74, 6) is -0.370. The molecule has 0 saturated heterocycles. The Balaban J connectivity index is 2.61. The van der Waals surface area contributed by atoms with Crippen molar-refractivity contribution in [2.75, 3.05) is 5.88 Å². The summed E-state index contributed by atoms with van der Waals surface area (Å²) in [6.45, 7) is 1.74. The predicted molar refractivity (Wildman–Crippen MR) is 59.7 cm³/mol. The standard InChI is InChI=1S/C11H14ClNO2/c1-8(13-10(14)7-12)11(15)9-5-3-2-4-6-9/h2-6,8,11,15H,7H2,1H3,(H,13,14)/t8-,11+/m0/s1. The SMILES string of the molecule is C[C@H](NC(=O)CCl)[C@@H](O)c1ccccc1. The highest BCUT2D eigenvalue weighted by Crippen LogP contribution is 2.15. The summed E-state index contributed by atoms with van der Waals surface area (Å²) < 4.78 is 0. The van der Waals surface area contributed by atoms with Crippen molar-refractivity contribution in [3.8, 4) is 0 Å². The Bertz CT molecular complexity index is 316. The van der Waals surface area contributed by atoms with Gasteiger partial charge in [-0.05, 0) is 12.5 Å². The van der Waals surface area contributed by atoms with Gasteiger partial charge in [0.25, 0.3) is 0 Å². The topological polar surface area (TPSA) is 49.3 Å². The van der Waals surface area contributed by atoms with Crippen molar-refractivity contribution in [1.29, 1.82) is 0 Å². The molecule has 0 bridgehead atoms. The van der Waals surface area contributed by atoms with Crippen molar-refractivity contribution in [2.24, 2.45) is 0 Å². The minimum atomic E-state index is -0.710. The minimum absolute atomic E-state index is 0.0914. The largest absolute Gasteiger partial charge is 0.386 e. The zero-order chi connectivity index (χ0) is 11.3. The maximum atomic E-state index is 11.0. The number of amides is 1. The zero-order valence-electron chi connectivity index (χ0n) is 8.48. The fraction of sp³-hybridized carbons (Fsp3) is 0.364. The van der Waals surface area contributed by atoms with Crippen LogP contribution in [0.5, 0.6) is 0 Å². The Morgan fingerprint density at radius 2 is 2.07 bits per heavy atom. The Labute approximate surface area is 94.1 Å². The lowest BCUT2D eigenvalue weighted by Crippen LogP contribution is -2.37. The van der Waals surface area contributed by atoms with Gasteiger partial charge in [0.1, 0.15) is 5.88 Å². The average Bonchev–Trinajstić information content (AvgIpc) is 2.29. The van der Waals surface area contributed by atoms with E-state index in [4.69, 9.17) is 11.6 Å². The molecule has 0 unspecified atom stereocenters. The first-order valence-corrected chi connectivity index (χ1v) is 5.27. The van der Waals surface area contributed by atoms with Gasteiger partial charge in [0.05, 0.1) is 12.1 Å². The number of rotatable bonds is 4. The van der Waals surface area contributed by atoms with Crippen LogP contribution in [0.4, 0.5) is 0 Å². The van der Waals surface area contributed by atoms with Crippen LogP contribution in [-0.4, -0.2) is 22.9 Å². The van der Waals surface area contributed by atoms with Crippen molar-refractivity contribution < 1.29 is 9.90 Å². The molecule has 0 spiro atoms. The molecule has 0 aromatic heterocycles. The average molecular weight is 228 g/mol. The van der Waals surface area contributed by atoms with Crippen LogP contribution in [0, 0.1) is 0 Å². The van der Waals surface area contributed by atoms with Gasteiger partial charge in [0.2, 0.25) is 5.91 Å². The van der Waals surface area contributed by atoms with Crippen LogP contribution in [0.1, 0.15) is 18.6 Å². The molecule has 82 valence electrons. The van der Waals surface area contributed by atoms with Gasteiger partial charge in [-0.15, -0.1) is 11.6 Å². The Morgan fingerprint density at radius 3 is 2.60 bits per heavy atom. The van der Waals surface area contributed by atoms with Crippen molar-refractivity contribution in [1.82, 2.24) is 5.32 Å². The van der Waals surface area contributed by atoms with Crippen molar-refractivity contribution >= 4 is 17.5 Å². The second-order valence-corrected chi connectivity index (χ2v) is 3.61. The normalized spacial score (nSPS) is 14.3. The van der Waals surface area contributed by atoms with E-state index in [0.717, 1.165) is 5.56 Å². The van der Waals surface area contributed by atoms with E-state index in [1.807, 2.05) is 30.3 Å². The fourth-order valence-corrected chi connectivity index (χ4v) is 1.39. The molecule has 0 radical (unpaired) electrons. The van der Waals surface area contributed by atoms with Gasteiger partial charge < -0.3 is 10.4 Å². The summed E-state index contributed by atoms with van der Waals surface area (Å²) in [7, 11) is 0. The molecule has 2 atom stereocenters. The van der Waals surface area contributed by atoms with E-state index in [0.29, 0.717) is 0 Å². The first-order chi connectivity index (χ1) is 7.15. The van der Waals surface area contributed by atoms with E-state index < -0.39 is 6.10 Å². The first kappa shape index (κ1) is 12.0. The minimum Gasteiger partial charge on any atom is -0.386 e. The fourth-order valence-electron chi connectivity index (χ4n) is 1.31. The molecule has 1 aromatic carbocycles. The number of hydrogen-bond donors (Lipinski definition) is 2. The number of carbonyl (C=O) groups is 1. The van der Waals surface area contributed by atoms with Gasteiger partial charge in [-0.25, -0.2) is 0 Å². The van der Waals surface area contributed by atoms with Gasteiger partial charge in [-0.1, -0.05) is 30.3 Å². The van der Waals surface area contributed by atoms with Crippen LogP contribution in [0.15, 0.2) is 30.3 Å². The summed E-state index contributed by atoms with van der Waals surface area (Å²) in [6, 6.07) is 8.84. The molecule has 2 N–H and O–H groups in total. The van der Waals surface area contributed by atoms with Crippen LogP contribution < -0.4 is 5.32 Å². The molecular formula is C11H14ClNO2. The Morgan fingerprint density at radius 1 is 1.47 bits per heavy atom. The number of aliphatic hydroxyl groups is 1. The third-order valence-corrected chi connectivity index (χ3v) is 2.37. The van der Waals surface area contributed by atoms with Gasteiger partial charge in [-0.3, -0.25) is 4.79 Å². The second kappa shape index (κ2) is 5.73. The number of nitrogens with one attached hydrogen (secondary N) is 1. The summed E-state index contributed by atoms with van der Waals surface area (Å²) >= 11 is 5.35. The number of alkyl halides is 1. The number of aliphatic hydroxyl groups excluding tert-OH is 1. The van der Waals surface area contributed by atoms with Crippen molar-refractivity contribution in [3.05, 3.63) is 35.9 Å². The summed E-state index contributed by atoms with van der Waals surface area (Å²) in [5, 5.41) is 12.5. The van der Waals surface area contributed by atoms with Crippen molar-refractivity contribution in [2.45, 2.75) is 19.1 Å². The highest BCUT2D eigenvalue weighted by molar-refractivity contribution is 6.27. The Kier molecular flexibility index (Phi) is 4.59. The second-order valence-electron chi connectivity index (χ2n) is 3.35. The number of halogens is 1. The third-order valence-electron chi connectivity index (χ3n) is 2.12. The summed E-state index contributed by atoms with van der Waals surface area (Å²) in [5.41, 5.74) is 0.778. The van der Waals surface area contributed by atoms with Gasteiger partial charge in [0, 0.05) is 0 Å². The highest BCUT2D eigenvalue weighted by atomic mass is 35.5. The maximum Gasteiger partial charge on any atom is 0.235 e.